The third kappa shape index (κ3) is 1.68. The average Bonchev–Trinajstić information content (AvgIpc) is 2.64. The molecule has 4 nitrogen and oxygen atoms in total. The summed E-state index contributed by atoms with van der Waals surface area (Å²) in [4.78, 5) is 27.1. The van der Waals surface area contributed by atoms with Crippen molar-refractivity contribution in [3.05, 3.63) is 24.3 Å². The van der Waals surface area contributed by atoms with Crippen LogP contribution in [0.5, 0.6) is 5.75 Å². The molecule has 0 unspecified atom stereocenters. The number of amides is 2. The number of benzene rings is 1. The van der Waals surface area contributed by atoms with Gasteiger partial charge >= 0.3 is 0 Å². The molecule has 1 aliphatic carbocycles. The van der Waals surface area contributed by atoms with E-state index in [4.69, 9.17) is 4.74 Å². The fourth-order valence-corrected chi connectivity index (χ4v) is 3.79. The highest BCUT2D eigenvalue weighted by Crippen LogP contribution is 2.60. The Kier molecular flexibility index (Phi) is 2.91. The second-order valence-corrected chi connectivity index (χ2v) is 6.82. The van der Waals surface area contributed by atoms with E-state index in [0.29, 0.717) is 11.4 Å². The number of ether oxygens (including phenoxy) is 1. The summed E-state index contributed by atoms with van der Waals surface area (Å²) in [7, 11) is 1.59. The van der Waals surface area contributed by atoms with Crippen molar-refractivity contribution >= 4 is 17.5 Å². The molecule has 2 aliphatic rings. The Labute approximate surface area is 125 Å². The van der Waals surface area contributed by atoms with Gasteiger partial charge in [0.05, 0.1) is 18.2 Å². The summed E-state index contributed by atoms with van der Waals surface area (Å²) < 4.78 is 5.13. The van der Waals surface area contributed by atoms with E-state index in [1.54, 1.807) is 31.4 Å². The molecule has 0 radical (unpaired) electrons. The Morgan fingerprint density at radius 3 is 2.33 bits per heavy atom. The first-order chi connectivity index (χ1) is 9.83. The van der Waals surface area contributed by atoms with E-state index in [1.807, 2.05) is 20.8 Å². The zero-order valence-corrected chi connectivity index (χ0v) is 13.0. The van der Waals surface area contributed by atoms with E-state index in [9.17, 15) is 9.59 Å². The van der Waals surface area contributed by atoms with Crippen molar-refractivity contribution in [3.63, 3.8) is 0 Å². The third-order valence-electron chi connectivity index (χ3n) is 5.75. The van der Waals surface area contributed by atoms with Gasteiger partial charge in [0.15, 0.2) is 0 Å². The Hall–Kier alpha value is -1.84. The topological polar surface area (TPSA) is 46.6 Å². The van der Waals surface area contributed by atoms with E-state index >= 15 is 0 Å². The van der Waals surface area contributed by atoms with Gasteiger partial charge in [0.1, 0.15) is 5.75 Å². The molecular formula is C17H21NO3. The summed E-state index contributed by atoms with van der Waals surface area (Å²) >= 11 is 0. The molecule has 2 bridgehead atoms. The summed E-state index contributed by atoms with van der Waals surface area (Å²) in [5.41, 5.74) is -0.102. The highest BCUT2D eigenvalue weighted by molar-refractivity contribution is 6.20. The van der Waals surface area contributed by atoms with E-state index in [2.05, 4.69) is 0 Å². The molecule has 2 atom stereocenters. The first-order valence-electron chi connectivity index (χ1n) is 7.35. The van der Waals surface area contributed by atoms with E-state index in [0.717, 1.165) is 12.8 Å². The number of carbonyl (C=O) groups excluding carboxylic acids is 2. The summed E-state index contributed by atoms with van der Waals surface area (Å²) in [6, 6.07) is 7.10. The van der Waals surface area contributed by atoms with Gasteiger partial charge in [0, 0.05) is 5.92 Å². The normalized spacial score (nSPS) is 30.7. The van der Waals surface area contributed by atoms with Crippen molar-refractivity contribution in [1.82, 2.24) is 0 Å². The van der Waals surface area contributed by atoms with Gasteiger partial charge in [-0.3, -0.25) is 9.59 Å². The van der Waals surface area contributed by atoms with E-state index in [-0.39, 0.29) is 23.1 Å². The first kappa shape index (κ1) is 14.1. The molecule has 3 rings (SSSR count). The maximum atomic E-state index is 13.0. The third-order valence-corrected chi connectivity index (χ3v) is 5.75. The van der Waals surface area contributed by atoms with Crippen LogP contribution in [0.25, 0.3) is 0 Å². The van der Waals surface area contributed by atoms with Crippen LogP contribution in [0.2, 0.25) is 0 Å². The Morgan fingerprint density at radius 2 is 1.76 bits per heavy atom. The van der Waals surface area contributed by atoms with Crippen LogP contribution in [0.1, 0.15) is 33.6 Å². The molecule has 1 aromatic carbocycles. The molecule has 2 fully saturated rings. The van der Waals surface area contributed by atoms with Crippen molar-refractivity contribution in [1.29, 1.82) is 0 Å². The second-order valence-electron chi connectivity index (χ2n) is 6.82. The van der Waals surface area contributed by atoms with Crippen LogP contribution in [0.4, 0.5) is 5.69 Å². The van der Waals surface area contributed by atoms with Crippen LogP contribution in [0, 0.1) is 16.7 Å². The Balaban J connectivity index is 2.04. The van der Waals surface area contributed by atoms with Crippen molar-refractivity contribution in [2.75, 3.05) is 12.0 Å². The van der Waals surface area contributed by atoms with Gasteiger partial charge in [-0.1, -0.05) is 20.8 Å². The summed E-state index contributed by atoms with van der Waals surface area (Å²) in [6.07, 6.45) is 1.57. The quantitative estimate of drug-likeness (QED) is 0.786. The molecule has 0 N–H and O–H groups in total. The Bertz CT molecular complexity index is 605. The molecule has 1 saturated heterocycles. The largest absolute Gasteiger partial charge is 0.497 e. The van der Waals surface area contributed by atoms with Crippen molar-refractivity contribution in [2.24, 2.45) is 16.7 Å². The van der Waals surface area contributed by atoms with Crippen LogP contribution in [0.15, 0.2) is 24.3 Å². The number of nitrogens with zero attached hydrogens (tertiary/aromatic N) is 1. The lowest BCUT2D eigenvalue weighted by Crippen LogP contribution is -2.59. The molecular weight excluding hydrogens is 266 g/mol. The molecule has 112 valence electrons. The number of carbonyl (C=O) groups is 2. The van der Waals surface area contributed by atoms with Gasteiger partial charge < -0.3 is 4.74 Å². The zero-order valence-electron chi connectivity index (χ0n) is 13.0. The molecule has 1 heterocycles. The van der Waals surface area contributed by atoms with E-state index in [1.165, 1.54) is 4.90 Å². The number of imide groups is 1. The minimum absolute atomic E-state index is 0.0647. The smallest absolute Gasteiger partial charge is 0.240 e. The predicted molar refractivity (Wildman–Crippen MR) is 80.1 cm³/mol. The zero-order chi connectivity index (χ0) is 15.4. The number of fused-ring (bicyclic) bond motifs is 2. The predicted octanol–water partition coefficient (Wildman–Crippen LogP) is 3.01. The SMILES string of the molecule is COc1ccc(N2C(=O)[C@@H]3CC[C@@](C)(C2=O)C3(C)C)cc1. The van der Waals surface area contributed by atoms with Crippen LogP contribution in [-0.4, -0.2) is 18.9 Å². The van der Waals surface area contributed by atoms with Crippen molar-refractivity contribution in [3.8, 4) is 5.75 Å². The second kappa shape index (κ2) is 4.33. The molecule has 1 aliphatic heterocycles. The highest BCUT2D eigenvalue weighted by Gasteiger charge is 2.64. The molecule has 0 aromatic heterocycles. The maximum Gasteiger partial charge on any atom is 0.240 e. The Morgan fingerprint density at radius 1 is 1.14 bits per heavy atom. The number of rotatable bonds is 2. The van der Waals surface area contributed by atoms with Crippen LogP contribution >= 0.6 is 0 Å². The summed E-state index contributed by atoms with van der Waals surface area (Å²) in [5.74, 6) is 0.494. The first-order valence-corrected chi connectivity index (χ1v) is 7.35. The number of methoxy groups -OCH3 is 1. The lowest BCUT2D eigenvalue weighted by Gasteiger charge is -2.47. The minimum atomic E-state index is -0.467. The van der Waals surface area contributed by atoms with Gasteiger partial charge in [-0.2, -0.15) is 0 Å². The van der Waals surface area contributed by atoms with Crippen molar-refractivity contribution in [2.45, 2.75) is 33.6 Å². The van der Waals surface area contributed by atoms with Gasteiger partial charge in [-0.15, -0.1) is 0 Å². The molecule has 0 spiro atoms. The molecule has 1 saturated carbocycles. The van der Waals surface area contributed by atoms with Gasteiger partial charge in [0.2, 0.25) is 11.8 Å². The number of hydrogen-bond donors (Lipinski definition) is 0. The van der Waals surface area contributed by atoms with Gasteiger partial charge in [0.25, 0.3) is 0 Å². The molecule has 4 heteroatoms. The number of piperidine rings is 1. The number of anilines is 1. The van der Waals surface area contributed by atoms with Gasteiger partial charge in [-0.05, 0) is 42.5 Å². The molecule has 1 aromatic rings. The van der Waals surface area contributed by atoms with Crippen LogP contribution in [-0.2, 0) is 9.59 Å². The van der Waals surface area contributed by atoms with Crippen LogP contribution < -0.4 is 9.64 Å². The van der Waals surface area contributed by atoms with E-state index < -0.39 is 5.41 Å². The summed E-state index contributed by atoms with van der Waals surface area (Å²) in [5, 5.41) is 0. The van der Waals surface area contributed by atoms with Gasteiger partial charge in [-0.25, -0.2) is 4.90 Å². The monoisotopic (exact) mass is 287 g/mol. The van der Waals surface area contributed by atoms with Crippen molar-refractivity contribution < 1.29 is 14.3 Å². The molecule has 21 heavy (non-hydrogen) atoms. The lowest BCUT2D eigenvalue weighted by molar-refractivity contribution is -0.146. The average molecular weight is 287 g/mol. The number of hydrogen-bond acceptors (Lipinski definition) is 3. The fourth-order valence-electron chi connectivity index (χ4n) is 3.79. The maximum absolute atomic E-state index is 13.0. The molecule has 2 amide bonds. The highest BCUT2D eigenvalue weighted by atomic mass is 16.5. The van der Waals surface area contributed by atoms with Crippen LogP contribution in [0.3, 0.4) is 0 Å². The fraction of sp³-hybridized carbons (Fsp3) is 0.529. The summed E-state index contributed by atoms with van der Waals surface area (Å²) in [6.45, 7) is 6.09. The lowest BCUT2D eigenvalue weighted by atomic mass is 9.62. The minimum Gasteiger partial charge on any atom is -0.497 e. The standard InChI is InChI=1S/C17H21NO3/c1-16(2)13-9-10-17(16,3)15(20)18(14(13)19)11-5-7-12(21-4)8-6-11/h5-8,13H,9-10H2,1-4H3/t13-,17-/m0/s1.